The van der Waals surface area contributed by atoms with Crippen LogP contribution in [0.3, 0.4) is 0 Å². The fraction of sp³-hybridized carbons (Fsp3) is 0.409. The number of likely N-dealkylation sites (tertiary alicyclic amines) is 1. The molecule has 0 amide bonds. The van der Waals surface area contributed by atoms with Gasteiger partial charge in [0, 0.05) is 19.6 Å². The van der Waals surface area contributed by atoms with E-state index in [1.165, 1.54) is 49.2 Å². The molecule has 1 heterocycles. The molecule has 1 aliphatic rings. The van der Waals surface area contributed by atoms with Crippen LogP contribution in [0.15, 0.2) is 53.5 Å². The second-order valence-electron chi connectivity index (χ2n) is 6.98. The van der Waals surface area contributed by atoms with Crippen molar-refractivity contribution in [3.05, 3.63) is 71.0 Å². The number of aliphatic imine (C=N–C) groups is 1. The Morgan fingerprint density at radius 2 is 1.71 bits per heavy atom. The molecule has 0 radical (unpaired) electrons. The zero-order valence-corrected chi connectivity index (χ0v) is 18.8. The number of rotatable bonds is 7. The van der Waals surface area contributed by atoms with Crippen LogP contribution in [0.2, 0.25) is 0 Å². The summed E-state index contributed by atoms with van der Waals surface area (Å²) in [4.78, 5) is 7.06. The number of nitrogens with one attached hydrogen (secondary N) is 2. The normalized spacial score (nSPS) is 14.6. The average Bonchev–Trinajstić information content (AvgIpc) is 3.18. The van der Waals surface area contributed by atoms with Crippen molar-refractivity contribution in [2.75, 3.05) is 19.6 Å². The molecule has 1 saturated heterocycles. The van der Waals surface area contributed by atoms with Crippen molar-refractivity contribution in [3.8, 4) is 0 Å². The summed E-state index contributed by atoms with van der Waals surface area (Å²) in [6, 6.07) is 15.3. The number of benzene rings is 2. The van der Waals surface area contributed by atoms with Crippen LogP contribution in [0.4, 0.5) is 4.39 Å². The zero-order chi connectivity index (χ0) is 18.9. The molecule has 4 nitrogen and oxygen atoms in total. The molecule has 0 aliphatic carbocycles. The van der Waals surface area contributed by atoms with E-state index in [4.69, 9.17) is 0 Å². The van der Waals surface area contributed by atoms with E-state index in [-0.39, 0.29) is 29.8 Å². The maximum atomic E-state index is 13.3. The molecular formula is C22H30FIN4. The summed E-state index contributed by atoms with van der Waals surface area (Å²) in [5.41, 5.74) is 3.45. The van der Waals surface area contributed by atoms with E-state index in [9.17, 15) is 4.39 Å². The zero-order valence-electron chi connectivity index (χ0n) is 16.5. The highest BCUT2D eigenvalue weighted by atomic mass is 127. The quantitative estimate of drug-likeness (QED) is 0.341. The Labute approximate surface area is 184 Å². The van der Waals surface area contributed by atoms with Crippen LogP contribution in [0, 0.1) is 5.82 Å². The molecule has 2 aromatic carbocycles. The van der Waals surface area contributed by atoms with Crippen molar-refractivity contribution in [1.82, 2.24) is 15.5 Å². The Bertz CT molecular complexity index is 742. The number of guanidine groups is 1. The van der Waals surface area contributed by atoms with Gasteiger partial charge >= 0.3 is 0 Å². The van der Waals surface area contributed by atoms with Gasteiger partial charge in [0.05, 0.1) is 6.54 Å². The molecule has 1 fully saturated rings. The summed E-state index contributed by atoms with van der Waals surface area (Å²) in [6.07, 6.45) is 2.65. The minimum atomic E-state index is -0.227. The molecule has 0 unspecified atom stereocenters. The average molecular weight is 496 g/mol. The maximum Gasteiger partial charge on any atom is 0.191 e. The van der Waals surface area contributed by atoms with Crippen LogP contribution < -0.4 is 10.6 Å². The summed E-state index contributed by atoms with van der Waals surface area (Å²) >= 11 is 0. The SMILES string of the molecule is CCNC(=NCc1cccc(F)c1)NCc1ccc(CN2CCCC2)cc1.I. The van der Waals surface area contributed by atoms with E-state index >= 15 is 0 Å². The molecule has 152 valence electrons. The van der Waals surface area contributed by atoms with Gasteiger partial charge in [-0.2, -0.15) is 0 Å². The molecule has 0 atom stereocenters. The predicted molar refractivity (Wildman–Crippen MR) is 124 cm³/mol. The molecule has 1 aliphatic heterocycles. The van der Waals surface area contributed by atoms with Gasteiger partial charge < -0.3 is 10.6 Å². The molecule has 0 aromatic heterocycles. The van der Waals surface area contributed by atoms with Crippen molar-refractivity contribution in [2.45, 2.75) is 39.4 Å². The Morgan fingerprint density at radius 1 is 1.00 bits per heavy atom. The first-order valence-electron chi connectivity index (χ1n) is 9.80. The third kappa shape index (κ3) is 7.39. The van der Waals surface area contributed by atoms with Crippen LogP contribution in [-0.4, -0.2) is 30.5 Å². The number of halogens is 2. The first-order valence-corrected chi connectivity index (χ1v) is 9.80. The molecule has 6 heteroatoms. The molecule has 0 saturated carbocycles. The summed E-state index contributed by atoms with van der Waals surface area (Å²) in [6.45, 7) is 7.46. The summed E-state index contributed by atoms with van der Waals surface area (Å²) in [5, 5.41) is 6.58. The molecule has 28 heavy (non-hydrogen) atoms. The highest BCUT2D eigenvalue weighted by Crippen LogP contribution is 2.13. The Kier molecular flexibility index (Phi) is 9.70. The lowest BCUT2D eigenvalue weighted by Gasteiger charge is -2.15. The van der Waals surface area contributed by atoms with Gasteiger partial charge in [-0.3, -0.25) is 4.90 Å². The summed E-state index contributed by atoms with van der Waals surface area (Å²) in [7, 11) is 0. The predicted octanol–water partition coefficient (Wildman–Crippen LogP) is 4.29. The van der Waals surface area contributed by atoms with Crippen molar-refractivity contribution in [2.24, 2.45) is 4.99 Å². The molecule has 2 aromatic rings. The van der Waals surface area contributed by atoms with Crippen molar-refractivity contribution >= 4 is 29.9 Å². The van der Waals surface area contributed by atoms with Gasteiger partial charge in [-0.25, -0.2) is 9.38 Å². The molecular weight excluding hydrogens is 466 g/mol. The van der Waals surface area contributed by atoms with Gasteiger partial charge in [-0.05, 0) is 61.7 Å². The highest BCUT2D eigenvalue weighted by Gasteiger charge is 2.11. The third-order valence-electron chi connectivity index (χ3n) is 4.74. The van der Waals surface area contributed by atoms with Gasteiger partial charge in [0.25, 0.3) is 0 Å². The highest BCUT2D eigenvalue weighted by molar-refractivity contribution is 14.0. The monoisotopic (exact) mass is 496 g/mol. The Hall–Kier alpha value is -1.67. The van der Waals surface area contributed by atoms with E-state index in [0.29, 0.717) is 13.1 Å². The van der Waals surface area contributed by atoms with Crippen LogP contribution in [-0.2, 0) is 19.6 Å². The van der Waals surface area contributed by atoms with Gasteiger partial charge in [-0.1, -0.05) is 36.4 Å². The molecule has 0 bridgehead atoms. The Morgan fingerprint density at radius 3 is 2.39 bits per heavy atom. The summed E-state index contributed by atoms with van der Waals surface area (Å²) in [5.74, 6) is 0.512. The van der Waals surface area contributed by atoms with Crippen molar-refractivity contribution < 1.29 is 4.39 Å². The smallest absolute Gasteiger partial charge is 0.191 e. The third-order valence-corrected chi connectivity index (χ3v) is 4.74. The Balaban J connectivity index is 0.00000280. The fourth-order valence-electron chi connectivity index (χ4n) is 3.29. The fourth-order valence-corrected chi connectivity index (χ4v) is 3.29. The van der Waals surface area contributed by atoms with E-state index in [1.54, 1.807) is 6.07 Å². The topological polar surface area (TPSA) is 39.7 Å². The van der Waals surface area contributed by atoms with Crippen molar-refractivity contribution in [1.29, 1.82) is 0 Å². The second-order valence-corrected chi connectivity index (χ2v) is 6.98. The lowest BCUT2D eigenvalue weighted by Crippen LogP contribution is -2.36. The minimum Gasteiger partial charge on any atom is -0.357 e. The van der Waals surface area contributed by atoms with Crippen molar-refractivity contribution in [3.63, 3.8) is 0 Å². The van der Waals surface area contributed by atoms with Crippen LogP contribution >= 0.6 is 24.0 Å². The van der Waals surface area contributed by atoms with E-state index in [1.807, 2.05) is 13.0 Å². The lowest BCUT2D eigenvalue weighted by molar-refractivity contribution is 0.331. The van der Waals surface area contributed by atoms with E-state index in [2.05, 4.69) is 44.8 Å². The standard InChI is InChI=1S/C22H29FN4.HI/c1-2-24-22(26-16-20-6-5-7-21(23)14-20)25-15-18-8-10-19(11-9-18)17-27-12-3-4-13-27;/h5-11,14H,2-4,12-13,15-17H2,1H3,(H2,24,25,26);1H. The number of hydrogen-bond acceptors (Lipinski definition) is 2. The number of hydrogen-bond donors (Lipinski definition) is 2. The maximum absolute atomic E-state index is 13.3. The van der Waals surface area contributed by atoms with Gasteiger partial charge in [-0.15, -0.1) is 24.0 Å². The van der Waals surface area contributed by atoms with Gasteiger partial charge in [0.2, 0.25) is 0 Å². The van der Waals surface area contributed by atoms with Crippen LogP contribution in [0.5, 0.6) is 0 Å². The van der Waals surface area contributed by atoms with Gasteiger partial charge in [0.15, 0.2) is 5.96 Å². The van der Waals surface area contributed by atoms with Crippen LogP contribution in [0.1, 0.15) is 36.5 Å². The summed E-state index contributed by atoms with van der Waals surface area (Å²) < 4.78 is 13.3. The van der Waals surface area contributed by atoms with E-state index < -0.39 is 0 Å². The number of nitrogens with zero attached hydrogens (tertiary/aromatic N) is 2. The van der Waals surface area contributed by atoms with Crippen LogP contribution in [0.25, 0.3) is 0 Å². The lowest BCUT2D eigenvalue weighted by atomic mass is 10.1. The first-order chi connectivity index (χ1) is 13.2. The molecule has 3 rings (SSSR count). The second kappa shape index (κ2) is 12.0. The largest absolute Gasteiger partial charge is 0.357 e. The minimum absolute atomic E-state index is 0. The van der Waals surface area contributed by atoms with E-state index in [0.717, 1.165) is 24.6 Å². The molecule has 2 N–H and O–H groups in total. The first kappa shape index (κ1) is 22.6. The van der Waals surface area contributed by atoms with Gasteiger partial charge in [0.1, 0.15) is 5.82 Å². The molecule has 0 spiro atoms.